The zero-order chi connectivity index (χ0) is 20.1. The summed E-state index contributed by atoms with van der Waals surface area (Å²) in [7, 11) is 0. The van der Waals surface area contributed by atoms with Crippen LogP contribution in [-0.4, -0.2) is 41.2 Å². The van der Waals surface area contributed by atoms with Crippen LogP contribution in [0.1, 0.15) is 24.8 Å². The first kappa shape index (κ1) is 20.0. The molecule has 0 amide bonds. The summed E-state index contributed by atoms with van der Waals surface area (Å²) >= 11 is 6.10. The average Bonchev–Trinajstić information content (AvgIpc) is 2.74. The number of aliphatic hydroxyl groups is 1. The summed E-state index contributed by atoms with van der Waals surface area (Å²) in [4.78, 5) is 6.91. The second kappa shape index (κ2) is 9.44. The fourth-order valence-corrected chi connectivity index (χ4v) is 4.05. The second-order valence-electron chi connectivity index (χ2n) is 7.55. The van der Waals surface area contributed by atoms with E-state index >= 15 is 0 Å². The normalized spacial score (nSPS) is 14.8. The minimum Gasteiger partial charge on any atom is -0.392 e. The number of rotatable bonds is 7. The molecule has 6 heteroatoms. The van der Waals surface area contributed by atoms with Crippen molar-refractivity contribution in [2.75, 3.05) is 36.8 Å². The van der Waals surface area contributed by atoms with E-state index in [-0.39, 0.29) is 6.61 Å². The Kier molecular flexibility index (Phi) is 6.49. The monoisotopic (exact) mass is 410 g/mol. The lowest BCUT2D eigenvalue weighted by molar-refractivity contribution is 0.237. The van der Waals surface area contributed by atoms with Gasteiger partial charge in [0, 0.05) is 46.8 Å². The number of benzene rings is 2. The van der Waals surface area contributed by atoms with E-state index in [9.17, 15) is 5.11 Å². The number of pyridine rings is 1. The van der Waals surface area contributed by atoms with Gasteiger partial charge in [-0.2, -0.15) is 0 Å². The molecule has 1 fully saturated rings. The third-order valence-electron chi connectivity index (χ3n) is 5.36. The molecule has 3 aromatic rings. The van der Waals surface area contributed by atoms with Crippen LogP contribution >= 0.6 is 11.6 Å². The predicted molar refractivity (Wildman–Crippen MR) is 121 cm³/mol. The van der Waals surface area contributed by atoms with Crippen molar-refractivity contribution in [3.63, 3.8) is 0 Å². The summed E-state index contributed by atoms with van der Waals surface area (Å²) in [6.07, 6.45) is 5.74. The van der Waals surface area contributed by atoms with E-state index in [1.807, 2.05) is 36.4 Å². The van der Waals surface area contributed by atoms with E-state index in [0.29, 0.717) is 5.02 Å². The second-order valence-corrected chi connectivity index (χ2v) is 7.99. The molecule has 0 saturated carbocycles. The van der Waals surface area contributed by atoms with Crippen molar-refractivity contribution >= 4 is 39.6 Å². The summed E-state index contributed by atoms with van der Waals surface area (Å²) in [5.74, 6) is 0. The van der Waals surface area contributed by atoms with Gasteiger partial charge in [-0.1, -0.05) is 18.0 Å². The topological polar surface area (TPSA) is 60.4 Å². The van der Waals surface area contributed by atoms with E-state index in [1.54, 1.807) is 6.20 Å². The molecule has 0 unspecified atom stereocenters. The number of aromatic nitrogens is 1. The number of piperidine rings is 1. The number of hydrogen-bond acceptors (Lipinski definition) is 5. The van der Waals surface area contributed by atoms with Gasteiger partial charge in [-0.3, -0.25) is 4.98 Å². The SMILES string of the molecule is OCc1cc(NCCN2CCCCC2)cc(Nc2ccnc3cc(Cl)ccc23)c1. The standard InChI is InChI=1S/C23H27ClN4O/c24-18-4-5-21-22(6-7-26-23(21)14-18)27-20-13-17(16-29)12-19(15-20)25-8-11-28-9-2-1-3-10-28/h4-7,12-15,25,29H,1-3,8-11,16H2,(H,26,27). The van der Waals surface area contributed by atoms with Crippen LogP contribution < -0.4 is 10.6 Å². The molecule has 3 N–H and O–H groups in total. The van der Waals surface area contributed by atoms with Gasteiger partial charge >= 0.3 is 0 Å². The van der Waals surface area contributed by atoms with Crippen LogP contribution in [0.3, 0.4) is 0 Å². The fourth-order valence-electron chi connectivity index (χ4n) is 3.88. The summed E-state index contributed by atoms with van der Waals surface area (Å²) in [6, 6.07) is 13.7. The number of nitrogens with one attached hydrogen (secondary N) is 2. The van der Waals surface area contributed by atoms with Gasteiger partial charge < -0.3 is 20.6 Å². The maximum atomic E-state index is 9.70. The maximum Gasteiger partial charge on any atom is 0.0737 e. The van der Waals surface area contributed by atoms with Gasteiger partial charge in [0.1, 0.15) is 0 Å². The molecule has 1 aliphatic rings. The summed E-state index contributed by atoms with van der Waals surface area (Å²) in [5.41, 5.74) is 4.62. The molecule has 1 aromatic heterocycles. The number of hydrogen-bond donors (Lipinski definition) is 3. The lowest BCUT2D eigenvalue weighted by Crippen LogP contribution is -2.33. The molecule has 0 spiro atoms. The van der Waals surface area contributed by atoms with Crippen LogP contribution in [0.4, 0.5) is 17.1 Å². The largest absolute Gasteiger partial charge is 0.392 e. The Hall–Kier alpha value is -2.34. The Morgan fingerprint density at radius 2 is 1.83 bits per heavy atom. The molecule has 0 radical (unpaired) electrons. The van der Waals surface area contributed by atoms with Gasteiger partial charge in [-0.15, -0.1) is 0 Å². The molecule has 2 aromatic carbocycles. The Labute approximate surface area is 176 Å². The molecule has 4 rings (SSSR count). The van der Waals surface area contributed by atoms with Crippen LogP contribution in [0.2, 0.25) is 5.02 Å². The molecular formula is C23H27ClN4O. The van der Waals surface area contributed by atoms with Crippen LogP contribution in [0, 0.1) is 0 Å². The lowest BCUT2D eigenvalue weighted by Gasteiger charge is -2.26. The lowest BCUT2D eigenvalue weighted by atomic mass is 10.1. The Morgan fingerprint density at radius 3 is 2.66 bits per heavy atom. The Bertz CT molecular complexity index is 972. The van der Waals surface area contributed by atoms with E-state index in [4.69, 9.17) is 11.6 Å². The first-order chi connectivity index (χ1) is 14.2. The minimum atomic E-state index is 0.00300. The van der Waals surface area contributed by atoms with Crippen LogP contribution in [0.15, 0.2) is 48.7 Å². The third-order valence-corrected chi connectivity index (χ3v) is 5.60. The number of nitrogens with zero attached hydrogens (tertiary/aromatic N) is 2. The molecule has 0 bridgehead atoms. The van der Waals surface area contributed by atoms with E-state index in [0.717, 1.165) is 46.6 Å². The zero-order valence-electron chi connectivity index (χ0n) is 16.5. The highest BCUT2D eigenvalue weighted by atomic mass is 35.5. The van der Waals surface area contributed by atoms with Crippen molar-refractivity contribution in [2.24, 2.45) is 0 Å². The van der Waals surface area contributed by atoms with Crippen LogP contribution in [0.5, 0.6) is 0 Å². The molecule has 29 heavy (non-hydrogen) atoms. The number of likely N-dealkylation sites (tertiary alicyclic amines) is 1. The molecule has 0 atom stereocenters. The van der Waals surface area contributed by atoms with E-state index in [1.165, 1.54) is 32.4 Å². The molecule has 152 valence electrons. The highest BCUT2D eigenvalue weighted by Crippen LogP contribution is 2.29. The number of fused-ring (bicyclic) bond motifs is 1. The van der Waals surface area contributed by atoms with Gasteiger partial charge in [0.2, 0.25) is 0 Å². The summed E-state index contributed by atoms with van der Waals surface area (Å²) in [5, 5.41) is 18.4. The van der Waals surface area contributed by atoms with Crippen molar-refractivity contribution in [1.29, 1.82) is 0 Å². The van der Waals surface area contributed by atoms with Crippen molar-refractivity contribution in [3.05, 3.63) is 59.2 Å². The van der Waals surface area contributed by atoms with Crippen LogP contribution in [-0.2, 0) is 6.61 Å². The van der Waals surface area contributed by atoms with Gasteiger partial charge in [0.05, 0.1) is 12.1 Å². The molecule has 5 nitrogen and oxygen atoms in total. The minimum absolute atomic E-state index is 0.00300. The quantitative estimate of drug-likeness (QED) is 0.510. The molecule has 1 aliphatic heterocycles. The molecule has 0 aliphatic carbocycles. The van der Waals surface area contributed by atoms with Gasteiger partial charge in [0.15, 0.2) is 0 Å². The fraction of sp³-hybridized carbons (Fsp3) is 0.348. The smallest absolute Gasteiger partial charge is 0.0737 e. The highest BCUT2D eigenvalue weighted by Gasteiger charge is 2.10. The van der Waals surface area contributed by atoms with Crippen molar-refractivity contribution in [1.82, 2.24) is 9.88 Å². The van der Waals surface area contributed by atoms with E-state index < -0.39 is 0 Å². The summed E-state index contributed by atoms with van der Waals surface area (Å²) < 4.78 is 0. The predicted octanol–water partition coefficient (Wildman–Crippen LogP) is 5.02. The highest BCUT2D eigenvalue weighted by molar-refractivity contribution is 6.31. The van der Waals surface area contributed by atoms with Crippen molar-refractivity contribution in [2.45, 2.75) is 25.9 Å². The maximum absolute atomic E-state index is 9.70. The molecule has 2 heterocycles. The zero-order valence-corrected chi connectivity index (χ0v) is 17.3. The molecule has 1 saturated heterocycles. The van der Waals surface area contributed by atoms with Crippen molar-refractivity contribution in [3.8, 4) is 0 Å². The first-order valence-corrected chi connectivity index (χ1v) is 10.6. The van der Waals surface area contributed by atoms with Gasteiger partial charge in [-0.25, -0.2) is 0 Å². The van der Waals surface area contributed by atoms with Crippen molar-refractivity contribution < 1.29 is 5.11 Å². The number of halogens is 1. The Balaban J connectivity index is 1.49. The average molecular weight is 411 g/mol. The third kappa shape index (κ3) is 5.18. The van der Waals surface area contributed by atoms with Crippen LogP contribution in [0.25, 0.3) is 10.9 Å². The molecular weight excluding hydrogens is 384 g/mol. The van der Waals surface area contributed by atoms with Gasteiger partial charge in [-0.05, 0) is 74.0 Å². The van der Waals surface area contributed by atoms with E-state index in [2.05, 4.69) is 26.6 Å². The number of aliphatic hydroxyl groups excluding tert-OH is 1. The number of anilines is 3. The summed E-state index contributed by atoms with van der Waals surface area (Å²) in [6.45, 7) is 4.34. The Morgan fingerprint density at radius 1 is 1.00 bits per heavy atom. The van der Waals surface area contributed by atoms with Gasteiger partial charge in [0.25, 0.3) is 0 Å². The first-order valence-electron chi connectivity index (χ1n) is 10.2.